The normalized spacial score (nSPS) is 18.6. The first kappa shape index (κ1) is 9.52. The Morgan fingerprint density at radius 2 is 2.08 bits per heavy atom. The van der Waals surface area contributed by atoms with E-state index in [-0.39, 0.29) is 11.4 Å². The van der Waals surface area contributed by atoms with Crippen LogP contribution in [-0.4, -0.2) is 24.5 Å². The predicted molar refractivity (Wildman–Crippen MR) is 48.9 cm³/mol. The van der Waals surface area contributed by atoms with Crippen LogP contribution in [0, 0.1) is 5.92 Å². The van der Waals surface area contributed by atoms with Crippen molar-refractivity contribution in [3.63, 3.8) is 0 Å². The Bertz CT molecular complexity index is 168. The van der Waals surface area contributed by atoms with Crippen molar-refractivity contribution in [2.24, 2.45) is 5.92 Å². The highest BCUT2D eigenvalue weighted by Gasteiger charge is 2.22. The van der Waals surface area contributed by atoms with Gasteiger partial charge in [0.25, 0.3) is 0 Å². The Balaban J connectivity index is 2.19. The molecule has 0 radical (unpaired) electrons. The van der Waals surface area contributed by atoms with Gasteiger partial charge in [0, 0.05) is 12.0 Å². The molecule has 0 unspecified atom stereocenters. The van der Waals surface area contributed by atoms with Crippen LogP contribution in [0.1, 0.15) is 27.2 Å². The summed E-state index contributed by atoms with van der Waals surface area (Å²) in [4.78, 5) is 11.3. The largest absolute Gasteiger partial charge is 0.351 e. The average Bonchev–Trinajstić information content (AvgIpc) is 1.74. The number of amides is 1. The molecule has 70 valence electrons. The Morgan fingerprint density at radius 3 is 2.42 bits per heavy atom. The highest BCUT2D eigenvalue weighted by molar-refractivity contribution is 5.77. The van der Waals surface area contributed by atoms with E-state index in [2.05, 4.69) is 10.6 Å². The summed E-state index contributed by atoms with van der Waals surface area (Å²) >= 11 is 0. The molecule has 2 N–H and O–H groups in total. The van der Waals surface area contributed by atoms with Gasteiger partial charge in [-0.15, -0.1) is 0 Å². The van der Waals surface area contributed by atoms with Crippen molar-refractivity contribution >= 4 is 5.91 Å². The van der Waals surface area contributed by atoms with Crippen LogP contribution in [0.4, 0.5) is 0 Å². The second kappa shape index (κ2) is 3.44. The number of carbonyl (C=O) groups excluding carboxylic acids is 1. The standard InChI is InChI=1S/C9H18N2O/c1-9(2,3)11-8(12)4-7-5-10-6-7/h7,10H,4-6H2,1-3H3,(H,11,12). The van der Waals surface area contributed by atoms with Crippen molar-refractivity contribution in [2.75, 3.05) is 13.1 Å². The fourth-order valence-corrected chi connectivity index (χ4v) is 1.22. The molecular formula is C9H18N2O. The van der Waals surface area contributed by atoms with E-state index in [1.165, 1.54) is 0 Å². The molecule has 3 heteroatoms. The van der Waals surface area contributed by atoms with E-state index in [0.717, 1.165) is 13.1 Å². The van der Waals surface area contributed by atoms with Gasteiger partial charge in [0.05, 0.1) is 0 Å². The van der Waals surface area contributed by atoms with Gasteiger partial charge in [0.1, 0.15) is 0 Å². The van der Waals surface area contributed by atoms with Crippen molar-refractivity contribution in [3.05, 3.63) is 0 Å². The molecule has 1 rings (SSSR count). The van der Waals surface area contributed by atoms with Gasteiger partial charge in [-0.05, 0) is 39.8 Å². The smallest absolute Gasteiger partial charge is 0.220 e. The van der Waals surface area contributed by atoms with E-state index in [1.807, 2.05) is 20.8 Å². The van der Waals surface area contributed by atoms with Gasteiger partial charge in [-0.1, -0.05) is 0 Å². The van der Waals surface area contributed by atoms with Gasteiger partial charge in [0.15, 0.2) is 0 Å². The number of hydrogen-bond donors (Lipinski definition) is 2. The third-order valence-electron chi connectivity index (χ3n) is 1.85. The molecule has 1 aliphatic rings. The lowest BCUT2D eigenvalue weighted by atomic mass is 9.98. The second-order valence-corrected chi connectivity index (χ2v) is 4.53. The lowest BCUT2D eigenvalue weighted by Crippen LogP contribution is -2.47. The lowest BCUT2D eigenvalue weighted by Gasteiger charge is -2.28. The Labute approximate surface area is 73.9 Å². The number of nitrogens with one attached hydrogen (secondary N) is 2. The maximum atomic E-state index is 11.3. The summed E-state index contributed by atoms with van der Waals surface area (Å²) in [6.45, 7) is 8.01. The Hall–Kier alpha value is -0.570. The summed E-state index contributed by atoms with van der Waals surface area (Å²) in [6, 6.07) is 0. The van der Waals surface area contributed by atoms with E-state index in [1.54, 1.807) is 0 Å². The molecule has 0 saturated carbocycles. The third-order valence-corrected chi connectivity index (χ3v) is 1.85. The zero-order chi connectivity index (χ0) is 9.19. The molecule has 0 aromatic rings. The zero-order valence-corrected chi connectivity index (χ0v) is 8.11. The summed E-state index contributed by atoms with van der Waals surface area (Å²) in [5.74, 6) is 0.737. The monoisotopic (exact) mass is 170 g/mol. The molecule has 1 aliphatic heterocycles. The van der Waals surface area contributed by atoms with Crippen molar-refractivity contribution < 1.29 is 4.79 Å². The molecule has 1 amide bonds. The molecule has 0 aromatic heterocycles. The van der Waals surface area contributed by atoms with Crippen LogP contribution in [0.3, 0.4) is 0 Å². The quantitative estimate of drug-likeness (QED) is 0.634. The van der Waals surface area contributed by atoms with Gasteiger partial charge in [-0.2, -0.15) is 0 Å². The molecule has 1 heterocycles. The molecule has 12 heavy (non-hydrogen) atoms. The van der Waals surface area contributed by atoms with Crippen LogP contribution in [0.2, 0.25) is 0 Å². The van der Waals surface area contributed by atoms with Crippen molar-refractivity contribution in [1.29, 1.82) is 0 Å². The third kappa shape index (κ3) is 3.22. The fraction of sp³-hybridized carbons (Fsp3) is 0.889. The molecule has 1 fully saturated rings. The molecule has 0 spiro atoms. The van der Waals surface area contributed by atoms with Crippen molar-refractivity contribution in [1.82, 2.24) is 10.6 Å². The van der Waals surface area contributed by atoms with E-state index < -0.39 is 0 Å². The topological polar surface area (TPSA) is 41.1 Å². The predicted octanol–water partition coefficient (Wildman–Crippen LogP) is 0.511. The summed E-state index contributed by atoms with van der Waals surface area (Å²) in [7, 11) is 0. The van der Waals surface area contributed by atoms with Crippen molar-refractivity contribution in [3.8, 4) is 0 Å². The molecule has 0 aliphatic carbocycles. The van der Waals surface area contributed by atoms with E-state index >= 15 is 0 Å². The molecule has 0 aromatic carbocycles. The first-order valence-corrected chi connectivity index (χ1v) is 4.49. The minimum atomic E-state index is -0.0890. The van der Waals surface area contributed by atoms with E-state index in [4.69, 9.17) is 0 Å². The van der Waals surface area contributed by atoms with Crippen LogP contribution < -0.4 is 10.6 Å². The highest BCUT2D eigenvalue weighted by atomic mass is 16.1. The van der Waals surface area contributed by atoms with Gasteiger partial charge in [-0.3, -0.25) is 4.79 Å². The molecule has 3 nitrogen and oxygen atoms in total. The maximum Gasteiger partial charge on any atom is 0.220 e. The van der Waals surface area contributed by atoms with E-state index in [0.29, 0.717) is 12.3 Å². The Morgan fingerprint density at radius 1 is 1.50 bits per heavy atom. The minimum Gasteiger partial charge on any atom is -0.351 e. The zero-order valence-electron chi connectivity index (χ0n) is 8.11. The average molecular weight is 170 g/mol. The van der Waals surface area contributed by atoms with Gasteiger partial charge in [-0.25, -0.2) is 0 Å². The summed E-state index contributed by atoms with van der Waals surface area (Å²) in [6.07, 6.45) is 0.671. The molecular weight excluding hydrogens is 152 g/mol. The summed E-state index contributed by atoms with van der Waals surface area (Å²) in [5, 5.41) is 6.10. The van der Waals surface area contributed by atoms with E-state index in [9.17, 15) is 4.79 Å². The lowest BCUT2D eigenvalue weighted by molar-refractivity contribution is -0.123. The van der Waals surface area contributed by atoms with Gasteiger partial charge in [0.2, 0.25) is 5.91 Å². The van der Waals surface area contributed by atoms with Crippen LogP contribution in [-0.2, 0) is 4.79 Å². The molecule has 0 bridgehead atoms. The number of carbonyl (C=O) groups is 1. The first-order valence-electron chi connectivity index (χ1n) is 4.49. The van der Waals surface area contributed by atoms with Gasteiger partial charge >= 0.3 is 0 Å². The number of hydrogen-bond acceptors (Lipinski definition) is 2. The maximum absolute atomic E-state index is 11.3. The first-order chi connectivity index (χ1) is 5.47. The molecule has 1 saturated heterocycles. The minimum absolute atomic E-state index is 0.0890. The van der Waals surface area contributed by atoms with Crippen LogP contribution in [0.15, 0.2) is 0 Å². The van der Waals surface area contributed by atoms with Gasteiger partial charge < -0.3 is 10.6 Å². The highest BCUT2D eigenvalue weighted by Crippen LogP contribution is 2.09. The number of rotatable bonds is 2. The SMILES string of the molecule is CC(C)(C)NC(=O)CC1CNC1. The summed E-state index contributed by atoms with van der Waals surface area (Å²) < 4.78 is 0. The summed E-state index contributed by atoms with van der Waals surface area (Å²) in [5.41, 5.74) is -0.0890. The van der Waals surface area contributed by atoms with Crippen LogP contribution in [0.5, 0.6) is 0 Å². The van der Waals surface area contributed by atoms with Crippen LogP contribution in [0.25, 0.3) is 0 Å². The van der Waals surface area contributed by atoms with Crippen LogP contribution >= 0.6 is 0 Å². The second-order valence-electron chi connectivity index (χ2n) is 4.53. The fourth-order valence-electron chi connectivity index (χ4n) is 1.22. The Kier molecular flexibility index (Phi) is 2.73. The van der Waals surface area contributed by atoms with Crippen molar-refractivity contribution in [2.45, 2.75) is 32.7 Å². The molecule has 0 atom stereocenters.